The van der Waals surface area contributed by atoms with Crippen molar-refractivity contribution < 1.29 is 20.0 Å². The number of aliphatic hydroxyl groups is 2. The van der Waals surface area contributed by atoms with E-state index in [1.807, 2.05) is 0 Å². The van der Waals surface area contributed by atoms with Crippen molar-refractivity contribution in [3.05, 3.63) is 0 Å². The molecule has 0 rings (SSSR count). The Balaban J connectivity index is 3.72. The van der Waals surface area contributed by atoms with Crippen LogP contribution in [0.25, 0.3) is 0 Å². The summed E-state index contributed by atoms with van der Waals surface area (Å²) in [6, 6.07) is 0. The summed E-state index contributed by atoms with van der Waals surface area (Å²) in [5.74, 6) is -1.27. The Morgan fingerprint density at radius 3 is 2.08 bits per heavy atom. The van der Waals surface area contributed by atoms with Gasteiger partial charge in [-0.2, -0.15) is 4.89 Å². The summed E-state index contributed by atoms with van der Waals surface area (Å²) >= 11 is 0. The SMILES string of the molecule is CCC(O)OOC(O)(CC)CC. The van der Waals surface area contributed by atoms with Crippen LogP contribution in [0.4, 0.5) is 0 Å². The number of aliphatic hydroxyl groups excluding tert-OH is 1. The Bertz CT molecular complexity index is 112. The fourth-order valence-corrected chi connectivity index (χ4v) is 0.581. The zero-order chi connectivity index (χ0) is 9.61. The van der Waals surface area contributed by atoms with Gasteiger partial charge in [0.25, 0.3) is 0 Å². The van der Waals surface area contributed by atoms with Crippen LogP contribution in [0.5, 0.6) is 0 Å². The van der Waals surface area contributed by atoms with E-state index >= 15 is 0 Å². The second-order valence-electron chi connectivity index (χ2n) is 2.70. The Kier molecular flexibility index (Phi) is 5.41. The van der Waals surface area contributed by atoms with E-state index in [-0.39, 0.29) is 0 Å². The third kappa shape index (κ3) is 4.01. The van der Waals surface area contributed by atoms with Crippen LogP contribution in [0.1, 0.15) is 40.0 Å². The first kappa shape index (κ1) is 11.8. The molecule has 0 bridgehead atoms. The fourth-order valence-electron chi connectivity index (χ4n) is 0.581. The highest BCUT2D eigenvalue weighted by atomic mass is 17.2. The average Bonchev–Trinajstić information content (AvgIpc) is 2.13. The molecule has 0 aliphatic rings. The maximum atomic E-state index is 9.51. The van der Waals surface area contributed by atoms with Crippen LogP contribution < -0.4 is 0 Å². The molecule has 4 nitrogen and oxygen atoms in total. The number of rotatable bonds is 6. The van der Waals surface area contributed by atoms with E-state index in [1.54, 1.807) is 20.8 Å². The first-order valence-corrected chi connectivity index (χ1v) is 4.32. The summed E-state index contributed by atoms with van der Waals surface area (Å²) in [4.78, 5) is 9.23. The quantitative estimate of drug-likeness (QED) is 0.364. The normalized spacial score (nSPS) is 14.8. The van der Waals surface area contributed by atoms with Crippen molar-refractivity contribution in [1.29, 1.82) is 0 Å². The lowest BCUT2D eigenvalue weighted by atomic mass is 10.2. The van der Waals surface area contributed by atoms with Gasteiger partial charge in [-0.1, -0.05) is 20.8 Å². The monoisotopic (exact) mass is 178 g/mol. The molecule has 0 spiro atoms. The van der Waals surface area contributed by atoms with Crippen LogP contribution in [0.3, 0.4) is 0 Å². The number of hydrogen-bond donors (Lipinski definition) is 2. The standard InChI is InChI=1S/C8H18O4/c1-4-7(9)11-12-8(10,5-2)6-3/h7,9-10H,4-6H2,1-3H3. The highest BCUT2D eigenvalue weighted by molar-refractivity contribution is 4.58. The highest BCUT2D eigenvalue weighted by Crippen LogP contribution is 2.17. The minimum atomic E-state index is -1.27. The second-order valence-corrected chi connectivity index (χ2v) is 2.70. The number of hydrogen-bond acceptors (Lipinski definition) is 4. The molecule has 0 aliphatic carbocycles. The van der Waals surface area contributed by atoms with Gasteiger partial charge in [0.1, 0.15) is 0 Å². The Labute approximate surface area is 73.0 Å². The summed E-state index contributed by atoms with van der Waals surface area (Å²) in [6.07, 6.45) is 0.332. The first-order valence-electron chi connectivity index (χ1n) is 4.32. The summed E-state index contributed by atoms with van der Waals surface area (Å²) < 4.78 is 0. The van der Waals surface area contributed by atoms with E-state index in [9.17, 15) is 5.11 Å². The smallest absolute Gasteiger partial charge is 0.198 e. The van der Waals surface area contributed by atoms with Gasteiger partial charge in [-0.25, -0.2) is 4.89 Å². The largest absolute Gasteiger partial charge is 0.366 e. The van der Waals surface area contributed by atoms with Gasteiger partial charge in [0, 0.05) is 12.8 Å². The van der Waals surface area contributed by atoms with E-state index in [0.29, 0.717) is 19.3 Å². The minimum absolute atomic E-state index is 0.430. The van der Waals surface area contributed by atoms with Crippen LogP contribution in [-0.4, -0.2) is 22.3 Å². The minimum Gasteiger partial charge on any atom is -0.366 e. The van der Waals surface area contributed by atoms with E-state index in [1.165, 1.54) is 0 Å². The van der Waals surface area contributed by atoms with E-state index in [0.717, 1.165) is 0 Å². The zero-order valence-electron chi connectivity index (χ0n) is 7.91. The first-order chi connectivity index (χ1) is 5.58. The zero-order valence-corrected chi connectivity index (χ0v) is 7.91. The van der Waals surface area contributed by atoms with Gasteiger partial charge in [0.05, 0.1) is 0 Å². The van der Waals surface area contributed by atoms with Gasteiger partial charge >= 0.3 is 0 Å². The second kappa shape index (κ2) is 5.48. The fraction of sp³-hybridized carbons (Fsp3) is 1.00. The molecule has 0 amide bonds. The molecule has 0 aromatic heterocycles. The molecule has 2 N–H and O–H groups in total. The van der Waals surface area contributed by atoms with Gasteiger partial charge in [-0.3, -0.25) is 0 Å². The average molecular weight is 178 g/mol. The molecule has 0 fully saturated rings. The van der Waals surface area contributed by atoms with Crippen LogP contribution in [-0.2, 0) is 9.78 Å². The molecule has 0 saturated heterocycles. The van der Waals surface area contributed by atoms with Crippen molar-refractivity contribution >= 4 is 0 Å². The molecule has 1 atom stereocenters. The third-order valence-corrected chi connectivity index (χ3v) is 1.77. The summed E-state index contributed by atoms with van der Waals surface area (Å²) in [7, 11) is 0. The molecule has 1 unspecified atom stereocenters. The van der Waals surface area contributed by atoms with Crippen molar-refractivity contribution in [1.82, 2.24) is 0 Å². The molecule has 0 saturated carbocycles. The topological polar surface area (TPSA) is 58.9 Å². The van der Waals surface area contributed by atoms with Gasteiger partial charge < -0.3 is 10.2 Å². The Morgan fingerprint density at radius 2 is 1.75 bits per heavy atom. The molecule has 0 radical (unpaired) electrons. The third-order valence-electron chi connectivity index (χ3n) is 1.77. The molecule has 4 heteroatoms. The lowest BCUT2D eigenvalue weighted by Crippen LogP contribution is -2.32. The van der Waals surface area contributed by atoms with Crippen LogP contribution in [0.15, 0.2) is 0 Å². The van der Waals surface area contributed by atoms with Crippen LogP contribution in [0, 0.1) is 0 Å². The Hall–Kier alpha value is -0.160. The van der Waals surface area contributed by atoms with Gasteiger partial charge in [0.2, 0.25) is 0 Å². The van der Waals surface area contributed by atoms with Crippen molar-refractivity contribution in [2.24, 2.45) is 0 Å². The van der Waals surface area contributed by atoms with E-state index in [4.69, 9.17) is 5.11 Å². The van der Waals surface area contributed by atoms with Gasteiger partial charge in [0.15, 0.2) is 12.1 Å². The van der Waals surface area contributed by atoms with Crippen molar-refractivity contribution in [2.75, 3.05) is 0 Å². The predicted molar refractivity (Wildman–Crippen MR) is 44.0 cm³/mol. The maximum absolute atomic E-state index is 9.51. The van der Waals surface area contributed by atoms with Gasteiger partial charge in [-0.05, 0) is 6.42 Å². The van der Waals surface area contributed by atoms with E-state index < -0.39 is 12.1 Å². The molecule has 0 aromatic carbocycles. The molecule has 0 heterocycles. The van der Waals surface area contributed by atoms with Crippen molar-refractivity contribution in [3.8, 4) is 0 Å². The van der Waals surface area contributed by atoms with E-state index in [2.05, 4.69) is 9.78 Å². The molecule has 74 valence electrons. The molecular formula is C8H18O4. The molecular weight excluding hydrogens is 160 g/mol. The predicted octanol–water partition coefficient (Wildman–Crippen LogP) is 1.17. The molecule has 0 aromatic rings. The van der Waals surface area contributed by atoms with Crippen molar-refractivity contribution in [3.63, 3.8) is 0 Å². The summed E-state index contributed by atoms with van der Waals surface area (Å²) in [6.45, 7) is 5.32. The lowest BCUT2D eigenvalue weighted by molar-refractivity contribution is -0.463. The molecule has 0 aliphatic heterocycles. The maximum Gasteiger partial charge on any atom is 0.198 e. The van der Waals surface area contributed by atoms with Crippen molar-refractivity contribution in [2.45, 2.75) is 52.1 Å². The van der Waals surface area contributed by atoms with Gasteiger partial charge in [-0.15, -0.1) is 0 Å². The van der Waals surface area contributed by atoms with Crippen LogP contribution >= 0.6 is 0 Å². The highest BCUT2D eigenvalue weighted by Gasteiger charge is 2.25. The summed E-state index contributed by atoms with van der Waals surface area (Å²) in [5, 5.41) is 18.5. The van der Waals surface area contributed by atoms with Crippen LogP contribution in [0.2, 0.25) is 0 Å². The summed E-state index contributed by atoms with van der Waals surface area (Å²) in [5.41, 5.74) is 0. The lowest BCUT2D eigenvalue weighted by Gasteiger charge is -2.24. The Morgan fingerprint density at radius 1 is 1.25 bits per heavy atom. The molecule has 12 heavy (non-hydrogen) atoms.